The van der Waals surface area contributed by atoms with Gasteiger partial charge in [0.05, 0.1) is 11.1 Å². The number of halogens is 1. The van der Waals surface area contributed by atoms with Crippen LogP contribution in [0.4, 0.5) is 4.39 Å². The number of hydrogen-bond donors (Lipinski definition) is 1. The van der Waals surface area contributed by atoms with Gasteiger partial charge in [-0.25, -0.2) is 22.5 Å². The number of piperidine rings is 1. The lowest BCUT2D eigenvalue weighted by atomic mass is 10.1. The molecule has 1 aliphatic rings. The maximum absolute atomic E-state index is 13.0. The molecule has 0 atom stereocenters. The second-order valence-corrected chi connectivity index (χ2v) is 9.65. The number of likely N-dealkylation sites (tertiary alicyclic amines) is 1. The van der Waals surface area contributed by atoms with Crippen molar-refractivity contribution in [2.75, 3.05) is 13.1 Å². The lowest BCUT2D eigenvalue weighted by Crippen LogP contribution is -2.46. The summed E-state index contributed by atoms with van der Waals surface area (Å²) in [5, 5.41) is 6.57. The van der Waals surface area contributed by atoms with Crippen LogP contribution in [0.3, 0.4) is 0 Å². The zero-order valence-electron chi connectivity index (χ0n) is 16.2. The lowest BCUT2D eigenvalue weighted by molar-refractivity contribution is 0.0706. The smallest absolute Gasteiger partial charge is 0.273 e. The van der Waals surface area contributed by atoms with Gasteiger partial charge in [-0.05, 0) is 37.1 Å². The zero-order valence-corrected chi connectivity index (χ0v) is 17.8. The third-order valence-corrected chi connectivity index (χ3v) is 7.33. The number of nitrogens with one attached hydrogen (secondary N) is 1. The zero-order chi connectivity index (χ0) is 21.3. The Balaban J connectivity index is 1.36. The molecule has 2 aromatic heterocycles. The van der Waals surface area contributed by atoms with Crippen LogP contribution in [0.15, 0.2) is 46.9 Å². The van der Waals surface area contributed by atoms with Crippen LogP contribution in [0.1, 0.15) is 23.3 Å². The number of thiazole rings is 1. The van der Waals surface area contributed by atoms with E-state index >= 15 is 0 Å². The molecule has 0 aliphatic carbocycles. The van der Waals surface area contributed by atoms with Gasteiger partial charge in [0.15, 0.2) is 0 Å². The lowest BCUT2D eigenvalue weighted by Gasteiger charge is -2.31. The van der Waals surface area contributed by atoms with Gasteiger partial charge in [-0.1, -0.05) is 0 Å². The van der Waals surface area contributed by atoms with Crippen molar-refractivity contribution in [2.45, 2.75) is 23.8 Å². The van der Waals surface area contributed by atoms with Gasteiger partial charge in [-0.15, -0.1) is 11.3 Å². The fourth-order valence-electron chi connectivity index (χ4n) is 3.30. The molecule has 30 heavy (non-hydrogen) atoms. The van der Waals surface area contributed by atoms with Crippen molar-refractivity contribution in [2.24, 2.45) is 7.05 Å². The summed E-state index contributed by atoms with van der Waals surface area (Å²) in [5.41, 5.74) is 1.24. The number of nitrogens with zero attached hydrogens (tertiary/aromatic N) is 4. The van der Waals surface area contributed by atoms with E-state index in [1.807, 2.05) is 13.2 Å². The van der Waals surface area contributed by atoms with Crippen molar-refractivity contribution in [1.82, 2.24) is 24.4 Å². The van der Waals surface area contributed by atoms with E-state index in [9.17, 15) is 17.6 Å². The van der Waals surface area contributed by atoms with Gasteiger partial charge in [0.25, 0.3) is 5.91 Å². The normalized spacial score (nSPS) is 15.5. The number of carbonyl (C=O) groups is 1. The summed E-state index contributed by atoms with van der Waals surface area (Å²) < 4.78 is 42.3. The van der Waals surface area contributed by atoms with Gasteiger partial charge < -0.3 is 4.90 Å². The Kier molecular flexibility index (Phi) is 5.67. The Morgan fingerprint density at radius 3 is 2.57 bits per heavy atom. The van der Waals surface area contributed by atoms with Gasteiger partial charge in [-0.3, -0.25) is 9.48 Å². The topological polar surface area (TPSA) is 97.2 Å². The first-order valence-corrected chi connectivity index (χ1v) is 11.7. The molecule has 0 spiro atoms. The molecule has 1 aliphatic heterocycles. The molecule has 0 bridgehead atoms. The molecule has 1 aromatic carbocycles. The number of aryl methyl sites for hydroxylation is 1. The summed E-state index contributed by atoms with van der Waals surface area (Å²) in [6, 6.07) is 4.41. The molecule has 0 unspecified atom stereocenters. The fourth-order valence-corrected chi connectivity index (χ4v) is 5.37. The van der Waals surface area contributed by atoms with Crippen LogP contribution in [-0.4, -0.2) is 53.1 Å². The molecule has 4 rings (SSSR count). The molecular formula is C19H20FN5O3S2. The van der Waals surface area contributed by atoms with Gasteiger partial charge in [0, 0.05) is 43.3 Å². The highest BCUT2D eigenvalue weighted by Gasteiger charge is 2.28. The molecule has 158 valence electrons. The quantitative estimate of drug-likeness (QED) is 0.645. The fraction of sp³-hybridized carbons (Fsp3) is 0.316. The molecule has 0 saturated carbocycles. The number of rotatable bonds is 5. The van der Waals surface area contributed by atoms with E-state index in [4.69, 9.17) is 0 Å². The molecule has 1 fully saturated rings. The minimum absolute atomic E-state index is 0.0211. The molecule has 1 N–H and O–H groups in total. The van der Waals surface area contributed by atoms with Crippen LogP contribution < -0.4 is 4.72 Å². The largest absolute Gasteiger partial charge is 0.337 e. The third kappa shape index (κ3) is 4.42. The van der Waals surface area contributed by atoms with Crippen LogP contribution in [0.25, 0.3) is 10.6 Å². The number of hydrogen-bond acceptors (Lipinski definition) is 6. The van der Waals surface area contributed by atoms with Crippen LogP contribution in [0, 0.1) is 5.82 Å². The first kappa shape index (κ1) is 20.6. The minimum atomic E-state index is -3.73. The van der Waals surface area contributed by atoms with Crippen LogP contribution in [0.2, 0.25) is 0 Å². The Morgan fingerprint density at radius 2 is 1.93 bits per heavy atom. The van der Waals surface area contributed by atoms with Gasteiger partial charge in [0.1, 0.15) is 16.5 Å². The van der Waals surface area contributed by atoms with Crippen molar-refractivity contribution in [3.8, 4) is 10.6 Å². The van der Waals surface area contributed by atoms with Crippen LogP contribution in [-0.2, 0) is 17.1 Å². The molecule has 11 heteroatoms. The molecule has 0 radical (unpaired) electrons. The van der Waals surface area contributed by atoms with Gasteiger partial charge >= 0.3 is 0 Å². The van der Waals surface area contributed by atoms with Crippen molar-refractivity contribution in [3.63, 3.8) is 0 Å². The molecule has 3 heterocycles. The molecule has 1 saturated heterocycles. The standard InChI is InChI=1S/C19H20FN5O3S2/c1-24-11-13(10-21-24)18-22-17(12-29-18)19(26)25-8-6-15(7-9-25)23-30(27,28)16-4-2-14(20)3-5-16/h2-5,10-12,15,23H,6-9H2,1H3. The van der Waals surface area contributed by atoms with Gasteiger partial charge in [0.2, 0.25) is 10.0 Å². The number of aromatic nitrogens is 3. The SMILES string of the molecule is Cn1cc(-c2nc(C(=O)N3CCC(NS(=O)(=O)c4ccc(F)cc4)CC3)cs2)cn1. The highest BCUT2D eigenvalue weighted by atomic mass is 32.2. The van der Waals surface area contributed by atoms with Crippen LogP contribution in [0.5, 0.6) is 0 Å². The monoisotopic (exact) mass is 449 g/mol. The summed E-state index contributed by atoms with van der Waals surface area (Å²) in [5.74, 6) is -0.657. The average molecular weight is 450 g/mol. The number of benzene rings is 1. The Bertz CT molecular complexity index is 1150. The number of sulfonamides is 1. The average Bonchev–Trinajstić information content (AvgIpc) is 3.37. The minimum Gasteiger partial charge on any atom is -0.337 e. The second kappa shape index (κ2) is 8.25. The number of carbonyl (C=O) groups excluding carboxylic acids is 1. The predicted octanol–water partition coefficient (Wildman–Crippen LogP) is 2.27. The highest BCUT2D eigenvalue weighted by Crippen LogP contribution is 2.24. The van der Waals surface area contributed by atoms with E-state index < -0.39 is 15.8 Å². The highest BCUT2D eigenvalue weighted by molar-refractivity contribution is 7.89. The van der Waals surface area contributed by atoms with Gasteiger partial charge in [-0.2, -0.15) is 5.10 Å². The summed E-state index contributed by atoms with van der Waals surface area (Å²) in [6.45, 7) is 0.852. The van der Waals surface area contributed by atoms with E-state index in [-0.39, 0.29) is 16.8 Å². The Hall–Kier alpha value is -2.63. The maximum atomic E-state index is 13.0. The first-order valence-electron chi connectivity index (χ1n) is 9.33. The maximum Gasteiger partial charge on any atom is 0.273 e. The van der Waals surface area contributed by atoms with E-state index in [1.165, 1.54) is 23.5 Å². The summed E-state index contributed by atoms with van der Waals surface area (Å²) >= 11 is 1.39. The predicted molar refractivity (Wildman–Crippen MR) is 110 cm³/mol. The summed E-state index contributed by atoms with van der Waals surface area (Å²) in [4.78, 5) is 18.9. The third-order valence-electron chi connectivity index (χ3n) is 4.90. The van der Waals surface area contributed by atoms with Crippen molar-refractivity contribution in [3.05, 3.63) is 53.6 Å². The number of amides is 1. The van der Waals surface area contributed by atoms with Crippen LogP contribution >= 0.6 is 11.3 Å². The first-order chi connectivity index (χ1) is 14.3. The Morgan fingerprint density at radius 1 is 1.23 bits per heavy atom. The van der Waals surface area contributed by atoms with E-state index in [1.54, 1.807) is 21.2 Å². The van der Waals surface area contributed by atoms with Crippen molar-refractivity contribution >= 4 is 27.3 Å². The molecule has 3 aromatic rings. The van der Waals surface area contributed by atoms with Crippen molar-refractivity contribution in [1.29, 1.82) is 0 Å². The van der Waals surface area contributed by atoms with E-state index in [0.29, 0.717) is 31.6 Å². The van der Waals surface area contributed by atoms with E-state index in [2.05, 4.69) is 14.8 Å². The summed E-state index contributed by atoms with van der Waals surface area (Å²) in [6.07, 6.45) is 4.52. The van der Waals surface area contributed by atoms with Crippen molar-refractivity contribution < 1.29 is 17.6 Å². The van der Waals surface area contributed by atoms with E-state index in [0.717, 1.165) is 22.7 Å². The second-order valence-electron chi connectivity index (χ2n) is 7.08. The molecule has 1 amide bonds. The Labute approximate surface area is 177 Å². The molecular weight excluding hydrogens is 429 g/mol. The summed E-state index contributed by atoms with van der Waals surface area (Å²) in [7, 11) is -1.91. The molecule has 8 nitrogen and oxygen atoms in total.